The summed E-state index contributed by atoms with van der Waals surface area (Å²) in [5, 5.41) is 13.0. The van der Waals surface area contributed by atoms with E-state index in [4.69, 9.17) is 9.15 Å². The molecule has 4 unspecified atom stereocenters. The zero-order valence-electron chi connectivity index (χ0n) is 22.4. The number of nitrogens with zero attached hydrogens (tertiary/aromatic N) is 2. The largest absolute Gasteiger partial charge is 0.460 e. The van der Waals surface area contributed by atoms with Crippen molar-refractivity contribution in [3.63, 3.8) is 0 Å². The Kier molecular flexibility index (Phi) is 10.2. The smallest absolute Gasteiger partial charge is 0.329 e. The molecule has 10 nitrogen and oxygen atoms in total. The molecule has 0 aromatic carbocycles. The molecule has 0 spiro atoms. The average molecular weight is 528 g/mol. The molecule has 4 atom stereocenters. The van der Waals surface area contributed by atoms with Gasteiger partial charge in [0.2, 0.25) is 11.8 Å². The maximum atomic E-state index is 13.2. The number of esters is 1. The van der Waals surface area contributed by atoms with Crippen LogP contribution in [0.1, 0.15) is 63.3 Å². The van der Waals surface area contributed by atoms with Crippen LogP contribution in [0.15, 0.2) is 46.6 Å². The number of ether oxygens (including phenoxy) is 1. The molecular weight excluding hydrogens is 490 g/mol. The van der Waals surface area contributed by atoms with Crippen LogP contribution in [0.4, 0.5) is 0 Å². The van der Waals surface area contributed by atoms with Gasteiger partial charge in [0.15, 0.2) is 5.69 Å². The van der Waals surface area contributed by atoms with Gasteiger partial charge in [0.05, 0.1) is 12.5 Å². The number of carbonyl (C=O) groups excluding carboxylic acids is 4. The minimum atomic E-state index is -1.01. The summed E-state index contributed by atoms with van der Waals surface area (Å²) < 4.78 is 11.2. The zero-order chi connectivity index (χ0) is 27.8. The quantitative estimate of drug-likeness (QED) is 0.531. The first kappa shape index (κ1) is 29.0. The summed E-state index contributed by atoms with van der Waals surface area (Å²) >= 11 is 0. The molecule has 3 heterocycles. The lowest BCUT2D eigenvalue weighted by Crippen LogP contribution is -2.44. The number of aliphatic hydroxyl groups excluding tert-OH is 1. The van der Waals surface area contributed by atoms with Crippen LogP contribution in [0.5, 0.6) is 0 Å². The van der Waals surface area contributed by atoms with Crippen molar-refractivity contribution >= 4 is 23.6 Å². The number of hydrogen-bond donors (Lipinski definition) is 2. The summed E-state index contributed by atoms with van der Waals surface area (Å²) in [6.07, 6.45) is 8.62. The lowest BCUT2D eigenvalue weighted by Gasteiger charge is -2.29. The normalized spacial score (nSPS) is 27.5. The number of amides is 2. The van der Waals surface area contributed by atoms with E-state index in [1.165, 1.54) is 17.2 Å². The molecule has 1 saturated heterocycles. The van der Waals surface area contributed by atoms with Crippen LogP contribution in [0.2, 0.25) is 0 Å². The van der Waals surface area contributed by atoms with Gasteiger partial charge < -0.3 is 24.5 Å². The van der Waals surface area contributed by atoms with E-state index in [2.05, 4.69) is 10.3 Å². The maximum absolute atomic E-state index is 13.2. The van der Waals surface area contributed by atoms with E-state index in [-0.39, 0.29) is 54.5 Å². The highest BCUT2D eigenvalue weighted by Gasteiger charge is 2.38. The van der Waals surface area contributed by atoms with Crippen molar-refractivity contribution in [2.24, 2.45) is 11.8 Å². The second kappa shape index (κ2) is 13.3. The predicted octanol–water partition coefficient (Wildman–Crippen LogP) is 2.53. The Bertz CT molecular complexity index is 1120. The van der Waals surface area contributed by atoms with Crippen LogP contribution in [-0.4, -0.2) is 69.9 Å². The van der Waals surface area contributed by atoms with Crippen LogP contribution in [-0.2, 0) is 25.5 Å². The third-order valence-corrected chi connectivity index (χ3v) is 6.55. The number of aliphatic hydroxyl groups is 1. The van der Waals surface area contributed by atoms with Gasteiger partial charge in [-0.15, -0.1) is 0 Å². The number of cyclic esters (lactones) is 1. The second-order valence-corrected chi connectivity index (χ2v) is 10.2. The van der Waals surface area contributed by atoms with Gasteiger partial charge in [-0.25, -0.2) is 9.78 Å². The molecule has 206 valence electrons. The van der Waals surface area contributed by atoms with Crippen molar-refractivity contribution in [2.45, 2.75) is 71.6 Å². The molecule has 38 heavy (non-hydrogen) atoms. The summed E-state index contributed by atoms with van der Waals surface area (Å²) in [5.41, 5.74) is 0.739. The molecule has 2 bridgehead atoms. The van der Waals surface area contributed by atoms with E-state index >= 15 is 0 Å². The Morgan fingerprint density at radius 1 is 1.18 bits per heavy atom. The molecular formula is C28H37N3O7. The van der Waals surface area contributed by atoms with Crippen molar-refractivity contribution in [1.82, 2.24) is 15.2 Å². The van der Waals surface area contributed by atoms with Gasteiger partial charge >= 0.3 is 5.97 Å². The molecule has 0 aliphatic carbocycles. The lowest BCUT2D eigenvalue weighted by molar-refractivity contribution is -0.158. The van der Waals surface area contributed by atoms with Gasteiger partial charge in [0.25, 0.3) is 5.91 Å². The van der Waals surface area contributed by atoms with E-state index in [1.54, 1.807) is 31.2 Å². The maximum Gasteiger partial charge on any atom is 0.329 e. The van der Waals surface area contributed by atoms with Crippen LogP contribution >= 0.6 is 0 Å². The van der Waals surface area contributed by atoms with Crippen molar-refractivity contribution < 1.29 is 33.4 Å². The number of rotatable bonds is 1. The molecule has 10 heteroatoms. The Hall–Kier alpha value is -3.53. The number of oxazole rings is 1. The number of nitrogens with one attached hydrogen (secondary N) is 1. The number of aromatic nitrogens is 1. The van der Waals surface area contributed by atoms with Crippen molar-refractivity contribution in [2.75, 3.05) is 13.1 Å². The highest BCUT2D eigenvalue weighted by Crippen LogP contribution is 2.25. The topological polar surface area (TPSA) is 139 Å². The van der Waals surface area contributed by atoms with Gasteiger partial charge in [0, 0.05) is 25.4 Å². The highest BCUT2D eigenvalue weighted by atomic mass is 16.5. The first-order valence-electron chi connectivity index (χ1n) is 13.0. The fourth-order valence-electron chi connectivity index (χ4n) is 4.66. The summed E-state index contributed by atoms with van der Waals surface area (Å²) in [6.45, 7) is 8.16. The second-order valence-electron chi connectivity index (χ2n) is 10.2. The highest BCUT2D eigenvalue weighted by molar-refractivity contribution is 5.95. The first-order chi connectivity index (χ1) is 18.0. The van der Waals surface area contributed by atoms with E-state index in [0.29, 0.717) is 19.4 Å². The SMILES string of the molecule is CC1=CC(O)CC(=O)Cc2nc(co2)C(=O)N2CCCC2C(=O)OC(C(C)C)C(C)/C=C/C(=O)NCC=C1. The zero-order valence-corrected chi connectivity index (χ0v) is 22.4. The van der Waals surface area contributed by atoms with E-state index in [1.807, 2.05) is 20.8 Å². The molecule has 2 aliphatic rings. The average Bonchev–Trinajstić information content (AvgIpc) is 3.52. The molecule has 1 aromatic heterocycles. The van der Waals surface area contributed by atoms with Crippen LogP contribution < -0.4 is 5.32 Å². The molecule has 2 aliphatic heterocycles. The van der Waals surface area contributed by atoms with Crippen LogP contribution in [0.25, 0.3) is 0 Å². The van der Waals surface area contributed by atoms with Crippen LogP contribution in [0, 0.1) is 11.8 Å². The number of Topliss-reactive ketones (excluding diaryl/α,β-unsaturated/α-hetero) is 1. The molecule has 1 fully saturated rings. The Labute approximate surface area is 222 Å². The summed E-state index contributed by atoms with van der Waals surface area (Å²) in [5.74, 6) is -1.76. The standard InChI is InChI=1S/C28H37N3O7/c1-17(2)26-19(4)9-10-24(34)29-11-5-7-18(3)13-20(32)14-21(33)15-25-30-22(16-37-25)27(35)31-12-6-8-23(31)28(36)38-26/h5,7,9-10,13,16-17,19-20,23,26,32H,6,8,11-12,14-15H2,1-4H3,(H,29,34)/b7-5?,10-9+,18-13?. The monoisotopic (exact) mass is 527 g/mol. The first-order valence-corrected chi connectivity index (χ1v) is 13.0. The number of carbonyl (C=O) groups is 4. The molecule has 0 saturated carbocycles. The third-order valence-electron chi connectivity index (χ3n) is 6.55. The van der Waals surface area contributed by atoms with Gasteiger partial charge in [0.1, 0.15) is 24.2 Å². The summed E-state index contributed by atoms with van der Waals surface area (Å²) in [6, 6.07) is -0.761. The Morgan fingerprint density at radius 2 is 1.95 bits per heavy atom. The van der Waals surface area contributed by atoms with Crippen molar-refractivity contribution in [3.05, 3.63) is 53.8 Å². The summed E-state index contributed by atoms with van der Waals surface area (Å²) in [4.78, 5) is 56.6. The van der Waals surface area contributed by atoms with Gasteiger partial charge in [-0.05, 0) is 31.8 Å². The molecule has 0 radical (unpaired) electrons. The fourth-order valence-corrected chi connectivity index (χ4v) is 4.66. The van der Waals surface area contributed by atoms with Crippen LogP contribution in [0.3, 0.4) is 0 Å². The van der Waals surface area contributed by atoms with E-state index < -0.39 is 30.1 Å². The molecule has 3 rings (SSSR count). The third kappa shape index (κ3) is 7.98. The predicted molar refractivity (Wildman–Crippen MR) is 139 cm³/mol. The number of ketones is 1. The van der Waals surface area contributed by atoms with Crippen molar-refractivity contribution in [1.29, 1.82) is 0 Å². The van der Waals surface area contributed by atoms with E-state index in [0.717, 1.165) is 5.57 Å². The number of allylic oxidation sites excluding steroid dienone is 2. The van der Waals surface area contributed by atoms with Gasteiger partial charge in [-0.2, -0.15) is 0 Å². The molecule has 2 amide bonds. The van der Waals surface area contributed by atoms with E-state index in [9.17, 15) is 24.3 Å². The summed E-state index contributed by atoms with van der Waals surface area (Å²) in [7, 11) is 0. The molecule has 2 N–H and O–H groups in total. The lowest BCUT2D eigenvalue weighted by atomic mass is 9.94. The Balaban J connectivity index is 1.85. The number of hydrogen-bond acceptors (Lipinski definition) is 8. The van der Waals surface area contributed by atoms with Gasteiger partial charge in [-0.1, -0.05) is 50.6 Å². The van der Waals surface area contributed by atoms with Gasteiger partial charge in [-0.3, -0.25) is 14.4 Å². The number of fused-ring (bicyclic) bond motifs is 3. The Morgan fingerprint density at radius 3 is 2.68 bits per heavy atom. The van der Waals surface area contributed by atoms with Crippen molar-refractivity contribution in [3.8, 4) is 0 Å². The fraction of sp³-hybridized carbons (Fsp3) is 0.536. The minimum Gasteiger partial charge on any atom is -0.460 e. The minimum absolute atomic E-state index is 0.00930. The molecule has 1 aromatic rings.